The summed E-state index contributed by atoms with van der Waals surface area (Å²) in [5, 5.41) is 15.1. The molecule has 1 atom stereocenters. The van der Waals surface area contributed by atoms with Crippen molar-refractivity contribution in [1.82, 2.24) is 9.78 Å². The van der Waals surface area contributed by atoms with Crippen LogP contribution in [0.15, 0.2) is 96.4 Å². The number of esters is 1. The molecule has 0 saturated carbocycles. The predicted octanol–water partition coefficient (Wildman–Crippen LogP) is 4.70. The van der Waals surface area contributed by atoms with Gasteiger partial charge in [-0.3, -0.25) is 0 Å². The highest BCUT2D eigenvalue weighted by molar-refractivity contribution is 5.73. The molecular weight excluding hydrogens is 468 g/mol. The van der Waals surface area contributed by atoms with E-state index in [1.807, 2.05) is 72.8 Å². The molecular formula is C29H24N4O4. The van der Waals surface area contributed by atoms with E-state index in [-0.39, 0.29) is 24.7 Å². The Bertz CT molecular complexity index is 1500. The molecule has 0 saturated heterocycles. The second kappa shape index (κ2) is 10.3. The Kier molecular flexibility index (Phi) is 6.60. The number of carbonyl (C=O) groups is 1. The molecule has 184 valence electrons. The predicted molar refractivity (Wildman–Crippen MR) is 137 cm³/mol. The van der Waals surface area contributed by atoms with E-state index in [4.69, 9.17) is 25.0 Å². The number of nitriles is 1. The number of fused-ring (bicyclic) bond motifs is 1. The summed E-state index contributed by atoms with van der Waals surface area (Å²) in [6.45, 7) is 1.72. The van der Waals surface area contributed by atoms with Gasteiger partial charge in [0.2, 0.25) is 11.8 Å². The molecule has 0 bridgehead atoms. The van der Waals surface area contributed by atoms with Gasteiger partial charge in [0.15, 0.2) is 6.61 Å². The fourth-order valence-electron chi connectivity index (χ4n) is 4.39. The summed E-state index contributed by atoms with van der Waals surface area (Å²) in [4.78, 5) is 12.0. The van der Waals surface area contributed by atoms with Crippen molar-refractivity contribution in [1.29, 1.82) is 5.26 Å². The van der Waals surface area contributed by atoms with Crippen LogP contribution < -0.4 is 15.2 Å². The first-order chi connectivity index (χ1) is 18.1. The van der Waals surface area contributed by atoms with Gasteiger partial charge in [0, 0.05) is 11.1 Å². The van der Waals surface area contributed by atoms with Crippen molar-refractivity contribution in [2.75, 3.05) is 13.2 Å². The van der Waals surface area contributed by atoms with Crippen molar-refractivity contribution in [3.8, 4) is 34.6 Å². The van der Waals surface area contributed by atoms with Gasteiger partial charge >= 0.3 is 5.97 Å². The van der Waals surface area contributed by atoms with Crippen LogP contribution >= 0.6 is 0 Å². The Labute approximate surface area is 214 Å². The lowest BCUT2D eigenvalue weighted by atomic mass is 9.82. The minimum Gasteiger partial charge on any atom is -0.482 e. The summed E-state index contributed by atoms with van der Waals surface area (Å²) >= 11 is 0. The summed E-state index contributed by atoms with van der Waals surface area (Å²) in [5.41, 5.74) is 10.1. The topological polar surface area (TPSA) is 112 Å². The van der Waals surface area contributed by atoms with Crippen molar-refractivity contribution in [2.45, 2.75) is 12.8 Å². The zero-order valence-electron chi connectivity index (χ0n) is 20.1. The zero-order chi connectivity index (χ0) is 25.8. The Morgan fingerprint density at radius 3 is 2.43 bits per heavy atom. The van der Waals surface area contributed by atoms with Gasteiger partial charge in [-0.25, -0.2) is 4.79 Å². The quantitative estimate of drug-likeness (QED) is 0.372. The van der Waals surface area contributed by atoms with Crippen LogP contribution in [0.4, 0.5) is 0 Å². The van der Waals surface area contributed by atoms with Crippen LogP contribution in [0.5, 0.6) is 11.6 Å². The molecule has 4 aromatic rings. The normalized spacial score (nSPS) is 14.3. The first kappa shape index (κ1) is 23.7. The largest absolute Gasteiger partial charge is 0.482 e. The van der Waals surface area contributed by atoms with Gasteiger partial charge in [0.1, 0.15) is 23.1 Å². The Balaban J connectivity index is 1.73. The molecule has 0 unspecified atom stereocenters. The molecule has 1 aliphatic rings. The molecule has 1 aliphatic heterocycles. The summed E-state index contributed by atoms with van der Waals surface area (Å²) in [7, 11) is 0. The maximum Gasteiger partial charge on any atom is 0.344 e. The van der Waals surface area contributed by atoms with Crippen LogP contribution in [-0.2, 0) is 9.53 Å². The third-order valence-electron chi connectivity index (χ3n) is 5.98. The minimum absolute atomic E-state index is 0.0168. The van der Waals surface area contributed by atoms with Crippen molar-refractivity contribution in [2.24, 2.45) is 5.73 Å². The number of nitrogens with zero attached hydrogens (tertiary/aromatic N) is 3. The highest BCUT2D eigenvalue weighted by atomic mass is 16.6. The standard InChI is InChI=1S/C29H24N4O4/c1-2-35-24(34)18-36-23-16-10-9-15-21(23)25-22(17-30)28(31)37-29-26(25)27(19-11-5-3-6-12-19)32-33(29)20-13-7-4-8-14-20/h3-16,25H,2,18,31H2,1H3/t25-/m0/s1. The van der Waals surface area contributed by atoms with E-state index < -0.39 is 11.9 Å². The average molecular weight is 493 g/mol. The van der Waals surface area contributed by atoms with Gasteiger partial charge in [-0.1, -0.05) is 66.7 Å². The summed E-state index contributed by atoms with van der Waals surface area (Å²) < 4.78 is 18.6. The van der Waals surface area contributed by atoms with Gasteiger partial charge in [-0.05, 0) is 25.1 Å². The zero-order valence-corrected chi connectivity index (χ0v) is 20.1. The second-order valence-corrected chi connectivity index (χ2v) is 8.24. The molecule has 0 aliphatic carbocycles. The summed E-state index contributed by atoms with van der Waals surface area (Å²) in [6, 6.07) is 28.7. The van der Waals surface area contributed by atoms with Crippen molar-refractivity contribution in [3.63, 3.8) is 0 Å². The van der Waals surface area contributed by atoms with Gasteiger partial charge in [0.25, 0.3) is 0 Å². The van der Waals surface area contributed by atoms with Crippen molar-refractivity contribution in [3.05, 3.63) is 108 Å². The van der Waals surface area contributed by atoms with E-state index in [0.717, 1.165) is 11.3 Å². The van der Waals surface area contributed by atoms with Gasteiger partial charge in [0.05, 0.1) is 23.8 Å². The molecule has 0 spiro atoms. The summed E-state index contributed by atoms with van der Waals surface area (Å²) in [5.74, 6) is -0.314. The number of aromatic nitrogens is 2. The van der Waals surface area contributed by atoms with Gasteiger partial charge in [-0.2, -0.15) is 15.0 Å². The van der Waals surface area contributed by atoms with Crippen molar-refractivity contribution >= 4 is 5.97 Å². The molecule has 0 radical (unpaired) electrons. The van der Waals surface area contributed by atoms with E-state index in [2.05, 4.69) is 6.07 Å². The smallest absolute Gasteiger partial charge is 0.344 e. The lowest BCUT2D eigenvalue weighted by Gasteiger charge is -2.26. The number of hydrogen-bond acceptors (Lipinski definition) is 7. The molecule has 2 heterocycles. The number of allylic oxidation sites excluding steroid dienone is 1. The molecule has 3 aromatic carbocycles. The number of carbonyl (C=O) groups excluding carboxylic acids is 1. The van der Waals surface area contributed by atoms with Crippen LogP contribution in [0.25, 0.3) is 16.9 Å². The first-order valence-corrected chi connectivity index (χ1v) is 11.8. The highest BCUT2D eigenvalue weighted by Crippen LogP contribution is 2.49. The lowest BCUT2D eigenvalue weighted by molar-refractivity contribution is -0.145. The SMILES string of the molecule is CCOC(=O)COc1ccccc1[C@H]1C(C#N)=C(N)Oc2c1c(-c1ccccc1)nn2-c1ccccc1. The van der Waals surface area contributed by atoms with Crippen LogP contribution in [0.1, 0.15) is 24.0 Å². The van der Waals surface area contributed by atoms with E-state index in [1.54, 1.807) is 23.7 Å². The fraction of sp³-hybridized carbons (Fsp3) is 0.138. The number of nitrogens with two attached hydrogens (primary N) is 1. The third-order valence-corrected chi connectivity index (χ3v) is 5.98. The molecule has 1 aromatic heterocycles. The molecule has 5 rings (SSSR count). The third kappa shape index (κ3) is 4.50. The molecule has 8 nitrogen and oxygen atoms in total. The average Bonchev–Trinajstić information content (AvgIpc) is 3.31. The number of ether oxygens (including phenoxy) is 3. The van der Waals surface area contributed by atoms with Crippen LogP contribution in [0.2, 0.25) is 0 Å². The lowest BCUT2D eigenvalue weighted by Crippen LogP contribution is -2.23. The molecule has 8 heteroatoms. The summed E-state index contributed by atoms with van der Waals surface area (Å²) in [6.07, 6.45) is 0. The van der Waals surface area contributed by atoms with E-state index in [9.17, 15) is 10.1 Å². The molecule has 0 amide bonds. The maximum atomic E-state index is 12.0. The number of benzene rings is 3. The van der Waals surface area contributed by atoms with Crippen LogP contribution in [0.3, 0.4) is 0 Å². The Morgan fingerprint density at radius 2 is 1.73 bits per heavy atom. The fourth-order valence-corrected chi connectivity index (χ4v) is 4.39. The van der Waals surface area contributed by atoms with Gasteiger partial charge < -0.3 is 19.9 Å². The number of hydrogen-bond donors (Lipinski definition) is 1. The Hall–Kier alpha value is -5.03. The molecule has 37 heavy (non-hydrogen) atoms. The molecule has 2 N–H and O–H groups in total. The highest BCUT2D eigenvalue weighted by Gasteiger charge is 2.39. The number of para-hydroxylation sites is 2. The van der Waals surface area contributed by atoms with E-state index in [0.29, 0.717) is 28.5 Å². The minimum atomic E-state index is -0.653. The van der Waals surface area contributed by atoms with Crippen LogP contribution in [-0.4, -0.2) is 29.0 Å². The van der Waals surface area contributed by atoms with Gasteiger partial charge in [-0.15, -0.1) is 0 Å². The monoisotopic (exact) mass is 492 g/mol. The van der Waals surface area contributed by atoms with E-state index >= 15 is 0 Å². The Morgan fingerprint density at radius 1 is 1.05 bits per heavy atom. The second-order valence-electron chi connectivity index (χ2n) is 8.24. The maximum absolute atomic E-state index is 12.0. The van der Waals surface area contributed by atoms with E-state index in [1.165, 1.54) is 0 Å². The van der Waals surface area contributed by atoms with Crippen LogP contribution in [0, 0.1) is 11.3 Å². The number of rotatable bonds is 7. The first-order valence-electron chi connectivity index (χ1n) is 11.8. The van der Waals surface area contributed by atoms with Crippen molar-refractivity contribution < 1.29 is 19.0 Å². The molecule has 0 fully saturated rings.